The van der Waals surface area contributed by atoms with E-state index in [0.717, 1.165) is 0 Å². The van der Waals surface area contributed by atoms with Gasteiger partial charge in [-0.1, -0.05) is 13.8 Å². The molecule has 1 aromatic carbocycles. The molecule has 1 saturated heterocycles. The average molecular weight is 478 g/mol. The van der Waals surface area contributed by atoms with Gasteiger partial charge in [-0.3, -0.25) is 14.4 Å². The number of carbonyl (C=O) groups is 2. The number of aryl methyl sites for hydroxylation is 1. The minimum Gasteiger partial charge on any atom is -0.466 e. The molecule has 1 aliphatic rings. The summed E-state index contributed by atoms with van der Waals surface area (Å²) in [6, 6.07) is 4.41. The zero-order valence-corrected chi connectivity index (χ0v) is 20.4. The highest BCUT2D eigenvalue weighted by atomic mass is 32.2. The van der Waals surface area contributed by atoms with Gasteiger partial charge in [0, 0.05) is 44.8 Å². The summed E-state index contributed by atoms with van der Waals surface area (Å²) < 4.78 is 34.0. The molecule has 1 amide bonds. The number of ether oxygens (including phenoxy) is 1. The monoisotopic (exact) mass is 477 g/mol. The molecule has 0 N–H and O–H groups in total. The Kier molecular flexibility index (Phi) is 7.58. The number of hydrogen-bond donors (Lipinski definition) is 0. The summed E-state index contributed by atoms with van der Waals surface area (Å²) in [5.74, 6) is -1.23. The highest BCUT2D eigenvalue weighted by molar-refractivity contribution is 7.89. The quantitative estimate of drug-likeness (QED) is 0.565. The van der Waals surface area contributed by atoms with Crippen LogP contribution in [-0.4, -0.2) is 66.9 Å². The Morgan fingerprint density at radius 1 is 1.18 bits per heavy atom. The van der Waals surface area contributed by atoms with Crippen molar-refractivity contribution in [1.29, 1.82) is 0 Å². The van der Waals surface area contributed by atoms with Gasteiger partial charge in [0.1, 0.15) is 5.56 Å². The molecule has 0 bridgehead atoms. The molecule has 1 atom stereocenters. The second kappa shape index (κ2) is 10.0. The van der Waals surface area contributed by atoms with Gasteiger partial charge >= 0.3 is 5.97 Å². The standard InChI is InChI=1S/C23H31N3O6S/c1-5-26(6-2)33(30,31)17-10-11-20-18(13-17)21(27)19(15-24(20)4)22(28)25-12-8-9-16(14-25)23(29)32-7-3/h10-11,13,15-16H,5-9,12,14H2,1-4H3. The fourth-order valence-electron chi connectivity index (χ4n) is 4.28. The number of fused-ring (bicyclic) bond motifs is 1. The van der Waals surface area contributed by atoms with Crippen molar-refractivity contribution in [3.8, 4) is 0 Å². The number of nitrogens with zero attached hydrogens (tertiary/aromatic N) is 3. The van der Waals surface area contributed by atoms with Crippen molar-refractivity contribution in [2.24, 2.45) is 13.0 Å². The van der Waals surface area contributed by atoms with Crippen LogP contribution in [0.1, 0.15) is 44.0 Å². The van der Waals surface area contributed by atoms with E-state index in [9.17, 15) is 22.8 Å². The Morgan fingerprint density at radius 2 is 1.88 bits per heavy atom. The Morgan fingerprint density at radius 3 is 2.52 bits per heavy atom. The van der Waals surface area contributed by atoms with Crippen molar-refractivity contribution in [1.82, 2.24) is 13.8 Å². The van der Waals surface area contributed by atoms with Crippen molar-refractivity contribution in [3.63, 3.8) is 0 Å². The zero-order chi connectivity index (χ0) is 24.3. The van der Waals surface area contributed by atoms with Crippen LogP contribution >= 0.6 is 0 Å². The zero-order valence-electron chi connectivity index (χ0n) is 19.5. The minimum absolute atomic E-state index is 0.0146. The van der Waals surface area contributed by atoms with Crippen LogP contribution in [0.25, 0.3) is 10.9 Å². The Bertz CT molecular complexity index is 1220. The first kappa shape index (κ1) is 24.9. The van der Waals surface area contributed by atoms with E-state index in [1.807, 2.05) is 0 Å². The van der Waals surface area contributed by atoms with Crippen molar-refractivity contribution >= 4 is 32.8 Å². The van der Waals surface area contributed by atoms with Crippen molar-refractivity contribution in [2.45, 2.75) is 38.5 Å². The number of piperidine rings is 1. The largest absolute Gasteiger partial charge is 0.466 e. The third-order valence-corrected chi connectivity index (χ3v) is 8.11. The fourth-order valence-corrected chi connectivity index (χ4v) is 5.77. The van der Waals surface area contributed by atoms with E-state index in [0.29, 0.717) is 38.0 Å². The molecule has 1 aliphatic heterocycles. The lowest BCUT2D eigenvalue weighted by Gasteiger charge is -2.31. The molecule has 0 aliphatic carbocycles. The summed E-state index contributed by atoms with van der Waals surface area (Å²) in [6.45, 7) is 6.75. The van der Waals surface area contributed by atoms with Crippen molar-refractivity contribution in [3.05, 3.63) is 40.2 Å². The van der Waals surface area contributed by atoms with Gasteiger partial charge in [0.15, 0.2) is 0 Å². The number of benzene rings is 1. The number of sulfonamides is 1. The first-order chi connectivity index (χ1) is 15.6. The number of amides is 1. The van der Waals surface area contributed by atoms with Crippen LogP contribution in [0.2, 0.25) is 0 Å². The van der Waals surface area contributed by atoms with E-state index in [1.54, 1.807) is 38.5 Å². The van der Waals surface area contributed by atoms with E-state index in [2.05, 4.69) is 0 Å². The van der Waals surface area contributed by atoms with Crippen LogP contribution in [0.3, 0.4) is 0 Å². The number of hydrogen-bond acceptors (Lipinski definition) is 6. The van der Waals surface area contributed by atoms with E-state index in [1.165, 1.54) is 27.5 Å². The maximum absolute atomic E-state index is 13.3. The van der Waals surface area contributed by atoms with Crippen molar-refractivity contribution in [2.75, 3.05) is 32.8 Å². The first-order valence-electron chi connectivity index (χ1n) is 11.2. The number of esters is 1. The van der Waals surface area contributed by atoms with E-state index < -0.39 is 27.3 Å². The maximum atomic E-state index is 13.3. The van der Waals surface area contributed by atoms with Gasteiger partial charge < -0.3 is 14.2 Å². The fraction of sp³-hybridized carbons (Fsp3) is 0.522. The third-order valence-electron chi connectivity index (χ3n) is 6.06. The Hall–Kier alpha value is -2.72. The molecule has 1 aromatic heterocycles. The Balaban J connectivity index is 2.02. The SMILES string of the molecule is CCOC(=O)C1CCCN(C(=O)c2cn(C)c3ccc(S(=O)(=O)N(CC)CC)cc3c2=O)C1. The normalized spacial score (nSPS) is 16.9. The molecule has 33 heavy (non-hydrogen) atoms. The molecule has 1 unspecified atom stereocenters. The van der Waals surface area contributed by atoms with Gasteiger partial charge in [-0.05, 0) is 38.0 Å². The maximum Gasteiger partial charge on any atom is 0.310 e. The molecule has 2 heterocycles. The van der Waals surface area contributed by atoms with E-state index in [-0.39, 0.29) is 35.0 Å². The topological polar surface area (TPSA) is 106 Å². The number of rotatable bonds is 7. The smallest absolute Gasteiger partial charge is 0.310 e. The predicted octanol–water partition coefficient (Wildman–Crippen LogP) is 1.98. The molecule has 2 aromatic rings. The molecule has 3 rings (SSSR count). The van der Waals surface area contributed by atoms with Crippen LogP contribution in [0.5, 0.6) is 0 Å². The lowest BCUT2D eigenvalue weighted by atomic mass is 9.97. The van der Waals surface area contributed by atoms with Gasteiger partial charge in [-0.15, -0.1) is 0 Å². The van der Waals surface area contributed by atoms with Crippen molar-refractivity contribution < 1.29 is 22.7 Å². The number of likely N-dealkylation sites (tertiary alicyclic amines) is 1. The lowest BCUT2D eigenvalue weighted by Crippen LogP contribution is -2.44. The van der Waals surface area contributed by atoms with Crippen LogP contribution in [-0.2, 0) is 26.6 Å². The molecule has 0 spiro atoms. The number of aromatic nitrogens is 1. The van der Waals surface area contributed by atoms with Gasteiger partial charge in [-0.2, -0.15) is 4.31 Å². The first-order valence-corrected chi connectivity index (χ1v) is 12.7. The molecule has 0 saturated carbocycles. The second-order valence-corrected chi connectivity index (χ2v) is 10.0. The number of pyridine rings is 1. The molecule has 0 radical (unpaired) electrons. The molecule has 10 heteroatoms. The molecule has 1 fully saturated rings. The van der Waals surface area contributed by atoms with E-state index in [4.69, 9.17) is 4.74 Å². The van der Waals surface area contributed by atoms with Gasteiger partial charge in [-0.25, -0.2) is 8.42 Å². The highest BCUT2D eigenvalue weighted by Crippen LogP contribution is 2.23. The van der Waals surface area contributed by atoms with Crippen LogP contribution in [0.4, 0.5) is 0 Å². The molecule has 180 valence electrons. The lowest BCUT2D eigenvalue weighted by molar-refractivity contribution is -0.149. The molecular formula is C23H31N3O6S. The van der Waals surface area contributed by atoms with E-state index >= 15 is 0 Å². The summed E-state index contributed by atoms with van der Waals surface area (Å²) in [7, 11) is -2.06. The summed E-state index contributed by atoms with van der Waals surface area (Å²) in [5, 5.41) is 0.163. The third kappa shape index (κ3) is 4.81. The van der Waals surface area contributed by atoms with Crippen LogP contribution < -0.4 is 5.43 Å². The van der Waals surface area contributed by atoms with Gasteiger partial charge in [0.25, 0.3) is 5.91 Å². The minimum atomic E-state index is -3.76. The summed E-state index contributed by atoms with van der Waals surface area (Å²) in [4.78, 5) is 40.2. The Labute approximate surface area is 194 Å². The summed E-state index contributed by atoms with van der Waals surface area (Å²) in [6.07, 6.45) is 2.74. The molecular weight excluding hydrogens is 446 g/mol. The average Bonchev–Trinajstić information content (AvgIpc) is 2.81. The predicted molar refractivity (Wildman–Crippen MR) is 125 cm³/mol. The van der Waals surface area contributed by atoms with Crippen LogP contribution in [0, 0.1) is 5.92 Å². The van der Waals surface area contributed by atoms with Gasteiger partial charge in [0.2, 0.25) is 15.5 Å². The second-order valence-electron chi connectivity index (χ2n) is 8.09. The van der Waals surface area contributed by atoms with Gasteiger partial charge in [0.05, 0.1) is 22.9 Å². The van der Waals surface area contributed by atoms with Crippen LogP contribution in [0.15, 0.2) is 34.1 Å². The highest BCUT2D eigenvalue weighted by Gasteiger charge is 2.31. The molecule has 9 nitrogen and oxygen atoms in total. The number of carbonyl (C=O) groups excluding carboxylic acids is 2. The summed E-state index contributed by atoms with van der Waals surface area (Å²) >= 11 is 0. The summed E-state index contributed by atoms with van der Waals surface area (Å²) in [5.41, 5.74) is -0.0482.